The molecule has 0 aliphatic carbocycles. The van der Waals surface area contributed by atoms with E-state index in [0.717, 1.165) is 16.3 Å². The standard InChI is InChI=1S/C20H23N3O4S2/c1-14-20(24)21-18-13-17(6-7-19(18)28-14)29(25,26)23-10-8-22(9-11-23)15-4-3-5-16(12-15)27-2/h3-7,12-14H,8-11H2,1-2H3,(H,21,24)/t14-/m1/s1. The summed E-state index contributed by atoms with van der Waals surface area (Å²) in [5.41, 5.74) is 1.58. The molecule has 2 aromatic rings. The number of methoxy groups -OCH3 is 1. The Morgan fingerprint density at radius 1 is 1.10 bits per heavy atom. The van der Waals surface area contributed by atoms with Gasteiger partial charge in [-0.3, -0.25) is 4.79 Å². The largest absolute Gasteiger partial charge is 0.497 e. The van der Waals surface area contributed by atoms with E-state index in [1.165, 1.54) is 16.1 Å². The highest BCUT2D eigenvalue weighted by Gasteiger charge is 2.31. The highest BCUT2D eigenvalue weighted by molar-refractivity contribution is 8.01. The second-order valence-electron chi connectivity index (χ2n) is 7.00. The van der Waals surface area contributed by atoms with Gasteiger partial charge in [-0.2, -0.15) is 4.31 Å². The Kier molecular flexibility index (Phi) is 5.46. The van der Waals surface area contributed by atoms with Gasteiger partial charge in [0.05, 0.1) is 22.9 Å². The maximum atomic E-state index is 13.1. The van der Waals surface area contributed by atoms with Crippen molar-refractivity contribution in [2.75, 3.05) is 43.5 Å². The number of piperazine rings is 1. The van der Waals surface area contributed by atoms with E-state index < -0.39 is 10.0 Å². The van der Waals surface area contributed by atoms with Crippen LogP contribution >= 0.6 is 11.8 Å². The predicted molar refractivity (Wildman–Crippen MR) is 114 cm³/mol. The zero-order valence-corrected chi connectivity index (χ0v) is 17.9. The zero-order chi connectivity index (χ0) is 20.6. The van der Waals surface area contributed by atoms with Crippen LogP contribution in [0.5, 0.6) is 5.75 Å². The molecule has 9 heteroatoms. The van der Waals surface area contributed by atoms with E-state index in [4.69, 9.17) is 4.74 Å². The number of sulfonamides is 1. The Balaban J connectivity index is 1.49. The van der Waals surface area contributed by atoms with Gasteiger partial charge in [-0.25, -0.2) is 8.42 Å². The SMILES string of the molecule is COc1cccc(N2CCN(S(=O)(=O)c3ccc4c(c3)NC(=O)[C@@H](C)S4)CC2)c1. The first-order valence-corrected chi connectivity index (χ1v) is 11.7. The van der Waals surface area contributed by atoms with Crippen molar-refractivity contribution in [1.29, 1.82) is 0 Å². The monoisotopic (exact) mass is 433 g/mol. The summed E-state index contributed by atoms with van der Waals surface area (Å²) in [4.78, 5) is 15.2. The number of amides is 1. The fourth-order valence-corrected chi connectivity index (χ4v) is 5.87. The van der Waals surface area contributed by atoms with Gasteiger partial charge in [0.2, 0.25) is 15.9 Å². The van der Waals surface area contributed by atoms with Crippen molar-refractivity contribution >= 4 is 39.1 Å². The van der Waals surface area contributed by atoms with Crippen molar-refractivity contribution in [3.05, 3.63) is 42.5 Å². The summed E-state index contributed by atoms with van der Waals surface area (Å²) in [5.74, 6) is 0.671. The third-order valence-electron chi connectivity index (χ3n) is 5.18. The fourth-order valence-electron chi connectivity index (χ4n) is 3.49. The van der Waals surface area contributed by atoms with E-state index in [-0.39, 0.29) is 16.1 Å². The smallest absolute Gasteiger partial charge is 0.243 e. The van der Waals surface area contributed by atoms with Crippen molar-refractivity contribution in [2.24, 2.45) is 0 Å². The highest BCUT2D eigenvalue weighted by Crippen LogP contribution is 2.37. The first-order chi connectivity index (χ1) is 13.9. The van der Waals surface area contributed by atoms with Gasteiger partial charge in [0.15, 0.2) is 0 Å². The number of hydrogen-bond donors (Lipinski definition) is 1. The molecule has 1 amide bonds. The number of thioether (sulfide) groups is 1. The summed E-state index contributed by atoms with van der Waals surface area (Å²) in [6.45, 7) is 3.82. The minimum Gasteiger partial charge on any atom is -0.497 e. The summed E-state index contributed by atoms with van der Waals surface area (Å²) >= 11 is 1.44. The van der Waals surface area contributed by atoms with E-state index in [2.05, 4.69) is 10.2 Å². The lowest BCUT2D eigenvalue weighted by atomic mass is 10.2. The molecule has 154 valence electrons. The average molecular weight is 434 g/mol. The van der Waals surface area contributed by atoms with Crippen LogP contribution < -0.4 is 15.0 Å². The Labute approximate surface area is 175 Å². The normalized spacial score (nSPS) is 20.1. The van der Waals surface area contributed by atoms with Crippen LogP contribution in [0.4, 0.5) is 11.4 Å². The maximum Gasteiger partial charge on any atom is 0.243 e. The molecule has 0 bridgehead atoms. The molecule has 0 spiro atoms. The molecule has 0 aromatic heterocycles. The van der Waals surface area contributed by atoms with Gasteiger partial charge in [-0.1, -0.05) is 6.07 Å². The number of fused-ring (bicyclic) bond motifs is 1. The lowest BCUT2D eigenvalue weighted by molar-refractivity contribution is -0.115. The highest BCUT2D eigenvalue weighted by atomic mass is 32.2. The molecule has 4 rings (SSSR count). The van der Waals surface area contributed by atoms with Crippen molar-refractivity contribution < 1.29 is 17.9 Å². The van der Waals surface area contributed by atoms with Gasteiger partial charge in [0.25, 0.3) is 0 Å². The molecule has 2 heterocycles. The quantitative estimate of drug-likeness (QED) is 0.799. The second-order valence-corrected chi connectivity index (χ2v) is 10.3. The molecule has 2 aromatic carbocycles. The third-order valence-corrected chi connectivity index (χ3v) is 8.25. The number of nitrogens with one attached hydrogen (secondary N) is 1. The Hall–Kier alpha value is -2.23. The minimum absolute atomic E-state index is 0.107. The number of benzene rings is 2. The molecule has 7 nitrogen and oxygen atoms in total. The molecule has 2 aliphatic rings. The first-order valence-electron chi connectivity index (χ1n) is 9.39. The number of hydrogen-bond acceptors (Lipinski definition) is 6. The summed E-state index contributed by atoms with van der Waals surface area (Å²) in [6, 6.07) is 12.7. The van der Waals surface area contributed by atoms with E-state index >= 15 is 0 Å². The number of carbonyl (C=O) groups excluding carboxylic acids is 1. The van der Waals surface area contributed by atoms with Crippen molar-refractivity contribution in [2.45, 2.75) is 22.0 Å². The number of nitrogens with zero attached hydrogens (tertiary/aromatic N) is 2. The van der Waals surface area contributed by atoms with Crippen molar-refractivity contribution in [3.8, 4) is 5.75 Å². The van der Waals surface area contributed by atoms with Crippen molar-refractivity contribution in [1.82, 2.24) is 4.31 Å². The van der Waals surface area contributed by atoms with E-state index in [1.54, 1.807) is 25.3 Å². The molecule has 2 aliphatic heterocycles. The molecule has 1 N–H and O–H groups in total. The van der Waals surface area contributed by atoms with E-state index in [1.807, 2.05) is 31.2 Å². The topological polar surface area (TPSA) is 79.0 Å². The average Bonchev–Trinajstić information content (AvgIpc) is 2.74. The van der Waals surface area contributed by atoms with Crippen LogP contribution in [0.15, 0.2) is 52.3 Å². The molecule has 0 radical (unpaired) electrons. The van der Waals surface area contributed by atoms with Gasteiger partial charge in [0.1, 0.15) is 5.75 Å². The lowest BCUT2D eigenvalue weighted by Crippen LogP contribution is -2.48. The summed E-state index contributed by atoms with van der Waals surface area (Å²) in [7, 11) is -1.99. The van der Waals surface area contributed by atoms with Gasteiger partial charge in [0, 0.05) is 42.8 Å². The van der Waals surface area contributed by atoms with Crippen LogP contribution in [0.1, 0.15) is 6.92 Å². The maximum absolute atomic E-state index is 13.1. The molecule has 1 saturated heterocycles. The number of anilines is 2. The van der Waals surface area contributed by atoms with E-state index in [0.29, 0.717) is 31.9 Å². The molecule has 29 heavy (non-hydrogen) atoms. The fraction of sp³-hybridized carbons (Fsp3) is 0.350. The van der Waals surface area contributed by atoms with E-state index in [9.17, 15) is 13.2 Å². The van der Waals surface area contributed by atoms with Crippen LogP contribution in [0.25, 0.3) is 0 Å². The van der Waals surface area contributed by atoms with Crippen LogP contribution in [-0.2, 0) is 14.8 Å². The van der Waals surface area contributed by atoms with Crippen LogP contribution in [-0.4, -0.2) is 57.2 Å². The van der Waals surface area contributed by atoms with Crippen molar-refractivity contribution in [3.63, 3.8) is 0 Å². The Morgan fingerprint density at radius 3 is 2.59 bits per heavy atom. The lowest BCUT2D eigenvalue weighted by Gasteiger charge is -2.35. The predicted octanol–water partition coefficient (Wildman–Crippen LogP) is 2.64. The van der Waals surface area contributed by atoms with Gasteiger partial charge < -0.3 is 15.0 Å². The second kappa shape index (κ2) is 7.89. The number of carbonyl (C=O) groups is 1. The third kappa shape index (κ3) is 3.94. The van der Waals surface area contributed by atoms with Gasteiger partial charge in [-0.05, 0) is 37.3 Å². The van der Waals surface area contributed by atoms with Crippen LogP contribution in [0, 0.1) is 0 Å². The van der Waals surface area contributed by atoms with Gasteiger partial charge in [-0.15, -0.1) is 11.8 Å². The van der Waals surface area contributed by atoms with Crippen LogP contribution in [0.2, 0.25) is 0 Å². The molecule has 1 atom stereocenters. The molecular weight excluding hydrogens is 410 g/mol. The van der Waals surface area contributed by atoms with Gasteiger partial charge >= 0.3 is 0 Å². The first kappa shape index (κ1) is 20.1. The Morgan fingerprint density at radius 2 is 1.86 bits per heavy atom. The Bertz CT molecular complexity index is 1030. The van der Waals surface area contributed by atoms with Crippen LogP contribution in [0.3, 0.4) is 0 Å². The minimum atomic E-state index is -3.62. The molecular formula is C20H23N3O4S2. The summed E-state index contributed by atoms with van der Waals surface area (Å²) in [5, 5.41) is 2.62. The molecule has 1 fully saturated rings. The molecule has 0 unspecified atom stereocenters. The zero-order valence-electron chi connectivity index (χ0n) is 16.3. The number of rotatable bonds is 4. The summed E-state index contributed by atoms with van der Waals surface area (Å²) in [6.07, 6.45) is 0. The number of ether oxygens (including phenoxy) is 1. The summed E-state index contributed by atoms with van der Waals surface area (Å²) < 4.78 is 33.0. The molecule has 0 saturated carbocycles.